The molecule has 166 valence electrons. The van der Waals surface area contributed by atoms with Crippen LogP contribution < -0.4 is 5.32 Å². The van der Waals surface area contributed by atoms with Gasteiger partial charge in [-0.25, -0.2) is 33.3 Å². The van der Waals surface area contributed by atoms with E-state index in [-0.39, 0.29) is 5.16 Å². The van der Waals surface area contributed by atoms with Crippen molar-refractivity contribution < 1.29 is 8.42 Å². The fraction of sp³-hybridized carbons (Fsp3) is 0.174. The second-order valence-corrected chi connectivity index (χ2v) is 9.91. The first-order valence-corrected chi connectivity index (χ1v) is 12.1. The summed E-state index contributed by atoms with van der Waals surface area (Å²) in [6.07, 6.45) is 6.46. The highest BCUT2D eigenvalue weighted by atomic mass is 32.2. The number of hydrogen-bond acceptors (Lipinski definition) is 8. The standard InChI is InChI=1S/C23H21N7O2S/c1-14-8-17(6-5-16(14)9-15-4-7-20-18(10-15)27-13-30(20)2)28-22-21-19(25-12-26-22)11-24-23(29-21)33(3,31)32/h4-8,10-13H,9H2,1-3H3,(H,25,26,28). The predicted molar refractivity (Wildman–Crippen MR) is 126 cm³/mol. The van der Waals surface area contributed by atoms with Gasteiger partial charge < -0.3 is 9.88 Å². The van der Waals surface area contributed by atoms with Crippen molar-refractivity contribution in [1.29, 1.82) is 0 Å². The van der Waals surface area contributed by atoms with Gasteiger partial charge in [-0.05, 0) is 54.3 Å². The van der Waals surface area contributed by atoms with Gasteiger partial charge in [0.2, 0.25) is 15.0 Å². The molecule has 0 saturated heterocycles. The van der Waals surface area contributed by atoms with E-state index in [9.17, 15) is 8.42 Å². The average molecular weight is 460 g/mol. The molecule has 0 fully saturated rings. The number of benzene rings is 2. The van der Waals surface area contributed by atoms with E-state index < -0.39 is 9.84 Å². The molecule has 1 N–H and O–H groups in total. The average Bonchev–Trinajstić information content (AvgIpc) is 3.15. The molecule has 0 bridgehead atoms. The molecule has 0 spiro atoms. The van der Waals surface area contributed by atoms with Crippen molar-refractivity contribution in [2.24, 2.45) is 7.05 Å². The van der Waals surface area contributed by atoms with Crippen LogP contribution in [0.1, 0.15) is 16.7 Å². The third-order valence-corrected chi connectivity index (χ3v) is 6.34. The highest BCUT2D eigenvalue weighted by Crippen LogP contribution is 2.25. The molecule has 3 aromatic heterocycles. The molecule has 0 radical (unpaired) electrons. The number of nitrogens with one attached hydrogen (secondary N) is 1. The third-order valence-electron chi connectivity index (χ3n) is 5.48. The number of nitrogens with zero attached hydrogens (tertiary/aromatic N) is 6. The maximum atomic E-state index is 11.9. The van der Waals surface area contributed by atoms with Crippen LogP contribution in [0.5, 0.6) is 0 Å². The van der Waals surface area contributed by atoms with Crippen LogP contribution >= 0.6 is 0 Å². The third kappa shape index (κ3) is 4.12. The molecule has 10 heteroatoms. The zero-order valence-corrected chi connectivity index (χ0v) is 19.1. The first kappa shape index (κ1) is 21.0. The van der Waals surface area contributed by atoms with Gasteiger partial charge in [0.1, 0.15) is 17.4 Å². The molecule has 5 aromatic rings. The molecule has 5 rings (SSSR count). The van der Waals surface area contributed by atoms with Crippen LogP contribution in [-0.2, 0) is 23.3 Å². The first-order chi connectivity index (χ1) is 15.8. The minimum Gasteiger partial charge on any atom is -0.338 e. The number of imidazole rings is 1. The summed E-state index contributed by atoms with van der Waals surface area (Å²) in [6.45, 7) is 2.06. The Morgan fingerprint density at radius 3 is 2.64 bits per heavy atom. The Hall–Kier alpha value is -3.92. The van der Waals surface area contributed by atoms with Crippen molar-refractivity contribution >= 4 is 43.4 Å². The van der Waals surface area contributed by atoms with Gasteiger partial charge in [-0.2, -0.15) is 0 Å². The van der Waals surface area contributed by atoms with Gasteiger partial charge >= 0.3 is 0 Å². The van der Waals surface area contributed by atoms with Crippen molar-refractivity contribution in [2.45, 2.75) is 18.5 Å². The summed E-state index contributed by atoms with van der Waals surface area (Å²) >= 11 is 0. The monoisotopic (exact) mass is 459 g/mol. The summed E-state index contributed by atoms with van der Waals surface area (Å²) < 4.78 is 25.7. The topological polar surface area (TPSA) is 116 Å². The smallest absolute Gasteiger partial charge is 0.247 e. The van der Waals surface area contributed by atoms with Crippen LogP contribution in [-0.4, -0.2) is 44.2 Å². The zero-order valence-electron chi connectivity index (χ0n) is 18.3. The van der Waals surface area contributed by atoms with E-state index in [2.05, 4.69) is 61.4 Å². The van der Waals surface area contributed by atoms with Crippen molar-refractivity contribution in [3.05, 3.63) is 71.9 Å². The summed E-state index contributed by atoms with van der Waals surface area (Å²) in [5.41, 5.74) is 7.21. The van der Waals surface area contributed by atoms with Gasteiger partial charge in [0.05, 0.1) is 23.6 Å². The lowest BCUT2D eigenvalue weighted by Crippen LogP contribution is -2.06. The fourth-order valence-corrected chi connectivity index (χ4v) is 4.23. The molecule has 3 heterocycles. The fourth-order valence-electron chi connectivity index (χ4n) is 3.73. The molecule has 0 atom stereocenters. The van der Waals surface area contributed by atoms with Gasteiger partial charge in [-0.3, -0.25) is 0 Å². The Labute approximate surface area is 190 Å². The lowest BCUT2D eigenvalue weighted by molar-refractivity contribution is 0.593. The molecule has 0 aliphatic rings. The summed E-state index contributed by atoms with van der Waals surface area (Å²) in [5, 5.41) is 2.98. The molecular weight excluding hydrogens is 438 g/mol. The normalized spacial score (nSPS) is 11.8. The van der Waals surface area contributed by atoms with Gasteiger partial charge in [0.25, 0.3) is 0 Å². The maximum Gasteiger partial charge on any atom is 0.247 e. The van der Waals surface area contributed by atoms with E-state index in [4.69, 9.17) is 0 Å². The SMILES string of the molecule is Cc1cc(Nc2ncnc3cnc(S(C)(=O)=O)nc23)ccc1Cc1ccc2c(c1)ncn2C. The highest BCUT2D eigenvalue weighted by Gasteiger charge is 2.15. The van der Waals surface area contributed by atoms with E-state index in [1.165, 1.54) is 23.7 Å². The molecule has 0 aliphatic heterocycles. The van der Waals surface area contributed by atoms with Crippen molar-refractivity contribution in [2.75, 3.05) is 11.6 Å². The quantitative estimate of drug-likeness (QED) is 0.398. The van der Waals surface area contributed by atoms with Crippen molar-refractivity contribution in [1.82, 2.24) is 29.5 Å². The number of rotatable bonds is 5. The first-order valence-electron chi connectivity index (χ1n) is 10.2. The van der Waals surface area contributed by atoms with E-state index in [1.54, 1.807) is 0 Å². The number of hydrogen-bond donors (Lipinski definition) is 1. The Bertz CT molecular complexity index is 1630. The van der Waals surface area contributed by atoms with Crippen LogP contribution in [0.3, 0.4) is 0 Å². The van der Waals surface area contributed by atoms with Gasteiger partial charge in [0, 0.05) is 19.0 Å². The Morgan fingerprint density at radius 2 is 1.85 bits per heavy atom. The van der Waals surface area contributed by atoms with Crippen LogP contribution in [0.15, 0.2) is 60.4 Å². The molecule has 33 heavy (non-hydrogen) atoms. The van der Waals surface area contributed by atoms with Crippen LogP contribution in [0.4, 0.5) is 11.5 Å². The number of aryl methyl sites for hydroxylation is 2. The number of aromatic nitrogens is 6. The summed E-state index contributed by atoms with van der Waals surface area (Å²) in [7, 11) is -1.56. The highest BCUT2D eigenvalue weighted by molar-refractivity contribution is 7.90. The lowest BCUT2D eigenvalue weighted by atomic mass is 9.99. The largest absolute Gasteiger partial charge is 0.338 e. The Morgan fingerprint density at radius 1 is 1.00 bits per heavy atom. The van der Waals surface area contributed by atoms with E-state index in [1.807, 2.05) is 30.1 Å². The Kier molecular flexibility index (Phi) is 5.01. The summed E-state index contributed by atoms with van der Waals surface area (Å²) in [6, 6.07) is 12.4. The van der Waals surface area contributed by atoms with E-state index >= 15 is 0 Å². The summed E-state index contributed by atoms with van der Waals surface area (Å²) in [4.78, 5) is 20.9. The molecule has 2 aromatic carbocycles. The van der Waals surface area contributed by atoms with Crippen molar-refractivity contribution in [3.8, 4) is 0 Å². The van der Waals surface area contributed by atoms with Crippen LogP contribution in [0, 0.1) is 6.92 Å². The molecular formula is C23H21N7O2S. The van der Waals surface area contributed by atoms with Gasteiger partial charge in [0.15, 0.2) is 5.82 Å². The van der Waals surface area contributed by atoms with Crippen molar-refractivity contribution in [3.63, 3.8) is 0 Å². The molecule has 0 aliphatic carbocycles. The minimum absolute atomic E-state index is 0.260. The van der Waals surface area contributed by atoms with E-state index in [0.29, 0.717) is 16.9 Å². The zero-order chi connectivity index (χ0) is 23.2. The minimum atomic E-state index is -3.55. The van der Waals surface area contributed by atoms with E-state index in [0.717, 1.165) is 35.0 Å². The second kappa shape index (κ2) is 7.89. The summed E-state index contributed by atoms with van der Waals surface area (Å²) in [5.74, 6) is 0.417. The second-order valence-electron chi connectivity index (χ2n) is 8.00. The number of fused-ring (bicyclic) bond motifs is 2. The van der Waals surface area contributed by atoms with Gasteiger partial charge in [-0.1, -0.05) is 12.1 Å². The maximum absolute atomic E-state index is 11.9. The molecule has 0 saturated carbocycles. The molecule has 0 unspecified atom stereocenters. The van der Waals surface area contributed by atoms with Crippen LogP contribution in [0.25, 0.3) is 22.1 Å². The molecule has 0 amide bonds. The van der Waals surface area contributed by atoms with Crippen LogP contribution in [0.2, 0.25) is 0 Å². The number of anilines is 2. The number of sulfone groups is 1. The lowest BCUT2D eigenvalue weighted by Gasteiger charge is -2.12. The predicted octanol–water partition coefficient (Wildman–Crippen LogP) is 3.35. The molecule has 9 nitrogen and oxygen atoms in total. The Balaban J connectivity index is 1.43. The van der Waals surface area contributed by atoms with Gasteiger partial charge in [-0.15, -0.1) is 0 Å².